The zero-order valence-corrected chi connectivity index (χ0v) is 13.1. The average Bonchev–Trinajstić information content (AvgIpc) is 2.88. The van der Waals surface area contributed by atoms with Gasteiger partial charge in [0.05, 0.1) is 17.1 Å². The molecule has 0 bridgehead atoms. The normalized spacial score (nSPS) is 10.9. The third kappa shape index (κ3) is 2.85. The largest absolute Gasteiger partial charge is 0.421 e. The van der Waals surface area contributed by atoms with Gasteiger partial charge in [-0.1, -0.05) is 6.92 Å². The molecule has 2 heterocycles. The number of aromatic nitrogens is 3. The topological polar surface area (TPSA) is 90.0 Å². The van der Waals surface area contributed by atoms with E-state index >= 15 is 0 Å². The quantitative estimate of drug-likeness (QED) is 0.749. The van der Waals surface area contributed by atoms with E-state index in [1.165, 1.54) is 11.7 Å². The van der Waals surface area contributed by atoms with Crippen molar-refractivity contribution in [3.63, 3.8) is 0 Å². The average molecular weight is 312 g/mol. The minimum absolute atomic E-state index is 0.124. The van der Waals surface area contributed by atoms with Crippen molar-refractivity contribution in [3.05, 3.63) is 46.1 Å². The molecule has 0 spiro atoms. The summed E-state index contributed by atoms with van der Waals surface area (Å²) in [5, 5.41) is 11.9. The van der Waals surface area contributed by atoms with Gasteiger partial charge in [-0.25, -0.2) is 4.79 Å². The summed E-state index contributed by atoms with van der Waals surface area (Å²) in [6.07, 6.45) is 0.800. The van der Waals surface area contributed by atoms with Crippen LogP contribution in [0.4, 0.5) is 5.69 Å². The van der Waals surface area contributed by atoms with Gasteiger partial charge in [0.2, 0.25) is 5.91 Å². The van der Waals surface area contributed by atoms with E-state index in [0.29, 0.717) is 16.7 Å². The minimum atomic E-state index is -0.594. The predicted molar refractivity (Wildman–Crippen MR) is 85.8 cm³/mol. The SMILES string of the molecule is CCc1nn(-c2ccc3cc(NC(C)=O)c(=O)oc3c2)nc1C. The molecule has 0 aliphatic rings. The number of nitrogens with one attached hydrogen (secondary N) is 1. The van der Waals surface area contributed by atoms with Crippen molar-refractivity contribution < 1.29 is 9.21 Å². The first-order valence-electron chi connectivity index (χ1n) is 7.26. The van der Waals surface area contributed by atoms with Crippen LogP contribution in [-0.4, -0.2) is 20.9 Å². The Kier molecular flexibility index (Phi) is 3.69. The maximum atomic E-state index is 11.9. The van der Waals surface area contributed by atoms with Crippen LogP contribution < -0.4 is 10.9 Å². The molecule has 0 aliphatic carbocycles. The lowest BCUT2D eigenvalue weighted by molar-refractivity contribution is -0.114. The highest BCUT2D eigenvalue weighted by Gasteiger charge is 2.10. The zero-order valence-electron chi connectivity index (χ0n) is 13.1. The van der Waals surface area contributed by atoms with E-state index in [1.54, 1.807) is 18.2 Å². The molecule has 0 saturated heterocycles. The second-order valence-electron chi connectivity index (χ2n) is 5.23. The highest BCUT2D eigenvalue weighted by molar-refractivity contribution is 5.91. The Morgan fingerprint density at radius 2 is 2.09 bits per heavy atom. The van der Waals surface area contributed by atoms with Gasteiger partial charge in [0, 0.05) is 18.4 Å². The van der Waals surface area contributed by atoms with Crippen LogP contribution in [0.15, 0.2) is 33.5 Å². The van der Waals surface area contributed by atoms with E-state index in [2.05, 4.69) is 15.5 Å². The smallest absolute Gasteiger partial charge is 0.360 e. The number of aryl methyl sites for hydroxylation is 2. The van der Waals surface area contributed by atoms with Crippen LogP contribution in [0.25, 0.3) is 16.7 Å². The summed E-state index contributed by atoms with van der Waals surface area (Å²) >= 11 is 0. The summed E-state index contributed by atoms with van der Waals surface area (Å²) < 4.78 is 5.28. The second kappa shape index (κ2) is 5.68. The number of anilines is 1. The van der Waals surface area contributed by atoms with Crippen LogP contribution in [0.3, 0.4) is 0 Å². The van der Waals surface area contributed by atoms with E-state index < -0.39 is 5.63 Å². The molecule has 1 N–H and O–H groups in total. The lowest BCUT2D eigenvalue weighted by Crippen LogP contribution is -2.14. The summed E-state index contributed by atoms with van der Waals surface area (Å²) in [4.78, 5) is 24.5. The molecule has 0 unspecified atom stereocenters. The predicted octanol–water partition coefficient (Wildman–Crippen LogP) is 2.20. The van der Waals surface area contributed by atoms with E-state index in [4.69, 9.17) is 4.42 Å². The summed E-state index contributed by atoms with van der Waals surface area (Å²) in [6.45, 7) is 5.26. The molecule has 3 aromatic rings. The molecule has 0 saturated carbocycles. The number of amides is 1. The molecule has 0 aliphatic heterocycles. The van der Waals surface area contributed by atoms with Crippen molar-refractivity contribution in [2.75, 3.05) is 5.32 Å². The Bertz CT molecular complexity index is 956. The molecule has 3 rings (SSSR count). The number of rotatable bonds is 3. The Balaban J connectivity index is 2.08. The number of carbonyl (C=O) groups excluding carboxylic acids is 1. The van der Waals surface area contributed by atoms with Gasteiger partial charge in [0.25, 0.3) is 0 Å². The third-order valence-electron chi connectivity index (χ3n) is 3.47. The van der Waals surface area contributed by atoms with Gasteiger partial charge in [-0.05, 0) is 31.5 Å². The highest BCUT2D eigenvalue weighted by atomic mass is 16.4. The standard InChI is InChI=1S/C16H16N4O3/c1-4-13-9(2)18-20(19-13)12-6-5-11-7-14(17-10(3)21)16(22)23-15(11)8-12/h5-8H,4H2,1-3H3,(H,17,21). The van der Waals surface area contributed by atoms with E-state index in [1.807, 2.05) is 19.9 Å². The number of nitrogens with zero attached hydrogens (tertiary/aromatic N) is 3. The van der Waals surface area contributed by atoms with Crippen LogP contribution >= 0.6 is 0 Å². The van der Waals surface area contributed by atoms with Gasteiger partial charge < -0.3 is 9.73 Å². The van der Waals surface area contributed by atoms with Crippen LogP contribution in [0.2, 0.25) is 0 Å². The molecule has 1 amide bonds. The first kappa shape index (κ1) is 15.0. The van der Waals surface area contributed by atoms with Gasteiger partial charge in [0.15, 0.2) is 0 Å². The molecular weight excluding hydrogens is 296 g/mol. The molecule has 2 aromatic heterocycles. The van der Waals surface area contributed by atoms with Crippen molar-refractivity contribution in [1.82, 2.24) is 15.0 Å². The van der Waals surface area contributed by atoms with Crippen LogP contribution in [0.5, 0.6) is 0 Å². The van der Waals surface area contributed by atoms with Crippen molar-refractivity contribution in [3.8, 4) is 5.69 Å². The summed E-state index contributed by atoms with van der Waals surface area (Å²) in [7, 11) is 0. The van der Waals surface area contributed by atoms with Gasteiger partial charge in [-0.3, -0.25) is 4.79 Å². The summed E-state index contributed by atoms with van der Waals surface area (Å²) in [5.74, 6) is -0.323. The molecule has 0 radical (unpaired) electrons. The van der Waals surface area contributed by atoms with Crippen LogP contribution in [-0.2, 0) is 11.2 Å². The van der Waals surface area contributed by atoms with Gasteiger partial charge in [0.1, 0.15) is 11.3 Å². The first-order chi connectivity index (χ1) is 11.0. The van der Waals surface area contributed by atoms with E-state index in [-0.39, 0.29) is 11.6 Å². The third-order valence-corrected chi connectivity index (χ3v) is 3.47. The molecule has 0 fully saturated rings. The van der Waals surface area contributed by atoms with Crippen molar-refractivity contribution >= 4 is 22.6 Å². The Morgan fingerprint density at radius 3 is 2.74 bits per heavy atom. The molecule has 7 heteroatoms. The minimum Gasteiger partial charge on any atom is -0.421 e. The van der Waals surface area contributed by atoms with Gasteiger partial charge in [-0.2, -0.15) is 15.0 Å². The van der Waals surface area contributed by atoms with Crippen LogP contribution in [0.1, 0.15) is 25.2 Å². The zero-order chi connectivity index (χ0) is 16.6. The monoisotopic (exact) mass is 312 g/mol. The molecule has 0 atom stereocenters. The van der Waals surface area contributed by atoms with E-state index in [0.717, 1.165) is 17.8 Å². The van der Waals surface area contributed by atoms with E-state index in [9.17, 15) is 9.59 Å². The van der Waals surface area contributed by atoms with Crippen LogP contribution in [0, 0.1) is 6.92 Å². The first-order valence-corrected chi connectivity index (χ1v) is 7.26. The van der Waals surface area contributed by atoms with Crippen molar-refractivity contribution in [2.24, 2.45) is 0 Å². The van der Waals surface area contributed by atoms with Crippen molar-refractivity contribution in [1.29, 1.82) is 0 Å². The van der Waals surface area contributed by atoms with Gasteiger partial charge >= 0.3 is 5.63 Å². The maximum absolute atomic E-state index is 11.9. The molecule has 7 nitrogen and oxygen atoms in total. The fourth-order valence-electron chi connectivity index (χ4n) is 2.35. The maximum Gasteiger partial charge on any atom is 0.360 e. The molecular formula is C16H16N4O3. The Labute approximate surface area is 131 Å². The molecule has 1 aromatic carbocycles. The second-order valence-corrected chi connectivity index (χ2v) is 5.23. The lowest BCUT2D eigenvalue weighted by Gasteiger charge is -2.04. The molecule has 118 valence electrons. The number of carbonyl (C=O) groups is 1. The lowest BCUT2D eigenvalue weighted by atomic mass is 10.2. The Morgan fingerprint density at radius 1 is 1.30 bits per heavy atom. The number of fused-ring (bicyclic) bond motifs is 1. The summed E-state index contributed by atoms with van der Waals surface area (Å²) in [6, 6.07) is 6.92. The fourth-order valence-corrected chi connectivity index (χ4v) is 2.35. The Hall–Kier alpha value is -2.96. The van der Waals surface area contributed by atoms with Crippen molar-refractivity contribution in [2.45, 2.75) is 27.2 Å². The van der Waals surface area contributed by atoms with Gasteiger partial charge in [-0.15, -0.1) is 0 Å². The highest BCUT2D eigenvalue weighted by Crippen LogP contribution is 2.19. The molecule has 23 heavy (non-hydrogen) atoms. The number of hydrogen-bond donors (Lipinski definition) is 1. The number of hydrogen-bond acceptors (Lipinski definition) is 5. The summed E-state index contributed by atoms with van der Waals surface area (Å²) in [5.41, 5.74) is 2.44. The fraction of sp³-hybridized carbons (Fsp3) is 0.250. The number of benzene rings is 1.